The van der Waals surface area contributed by atoms with Crippen LogP contribution in [0.25, 0.3) is 11.3 Å². The van der Waals surface area contributed by atoms with Crippen LogP contribution in [-0.2, 0) is 6.42 Å². The summed E-state index contributed by atoms with van der Waals surface area (Å²) in [5, 5.41) is 3.40. The Hall–Kier alpha value is -2.24. The van der Waals surface area contributed by atoms with Crippen LogP contribution >= 0.6 is 15.9 Å². The Balaban J connectivity index is 1.57. The average Bonchev–Trinajstić information content (AvgIpc) is 2.73. The Morgan fingerprint density at radius 1 is 1.10 bits per heavy atom. The molecule has 3 aromatic rings. The molecular weight excluding hydrogens is 424 g/mol. The minimum atomic E-state index is 0.324. The van der Waals surface area contributed by atoms with E-state index < -0.39 is 0 Å². The molecule has 1 N–H and O–H groups in total. The van der Waals surface area contributed by atoms with Crippen molar-refractivity contribution in [3.05, 3.63) is 75.9 Å². The molecule has 0 spiro atoms. The van der Waals surface area contributed by atoms with Crippen molar-refractivity contribution in [1.82, 2.24) is 14.9 Å². The zero-order chi connectivity index (χ0) is 20.2. The van der Waals surface area contributed by atoms with Gasteiger partial charge in [-0.1, -0.05) is 52.3 Å². The predicted molar refractivity (Wildman–Crippen MR) is 123 cm³/mol. The van der Waals surface area contributed by atoms with Gasteiger partial charge in [0.2, 0.25) is 5.95 Å². The van der Waals surface area contributed by atoms with Gasteiger partial charge in [-0.2, -0.15) is 0 Å². The molecule has 1 heterocycles. The molecule has 4 rings (SSSR count). The summed E-state index contributed by atoms with van der Waals surface area (Å²) in [6.07, 6.45) is 5.21. The van der Waals surface area contributed by atoms with Crippen LogP contribution in [0.2, 0.25) is 0 Å². The van der Waals surface area contributed by atoms with Gasteiger partial charge >= 0.3 is 0 Å². The van der Waals surface area contributed by atoms with Crippen molar-refractivity contribution in [2.75, 3.05) is 32.5 Å². The zero-order valence-electron chi connectivity index (χ0n) is 17.0. The number of hydrogen-bond donors (Lipinski definition) is 1. The van der Waals surface area contributed by atoms with E-state index in [9.17, 15) is 0 Å². The summed E-state index contributed by atoms with van der Waals surface area (Å²) in [6, 6.07) is 17.3. The topological polar surface area (TPSA) is 41.0 Å². The first-order valence-electron chi connectivity index (χ1n) is 10.2. The van der Waals surface area contributed by atoms with Crippen molar-refractivity contribution in [3.8, 4) is 11.3 Å². The second kappa shape index (κ2) is 9.06. The van der Waals surface area contributed by atoms with Crippen LogP contribution in [0.5, 0.6) is 0 Å². The SMILES string of the molecule is CN(C)CCCCNc1ncc2c(n1)-c1ccccc1C(c1cccc(Br)c1)C2. The van der Waals surface area contributed by atoms with Crippen LogP contribution in [0, 0.1) is 0 Å². The lowest BCUT2D eigenvalue weighted by Gasteiger charge is -2.27. The number of nitrogens with zero attached hydrogens (tertiary/aromatic N) is 3. The number of anilines is 1. The van der Waals surface area contributed by atoms with E-state index in [2.05, 4.69) is 93.8 Å². The van der Waals surface area contributed by atoms with E-state index in [1.54, 1.807) is 0 Å². The van der Waals surface area contributed by atoms with Gasteiger partial charge in [0.15, 0.2) is 0 Å². The number of unbranched alkanes of at least 4 members (excludes halogenated alkanes) is 1. The van der Waals surface area contributed by atoms with Crippen molar-refractivity contribution in [1.29, 1.82) is 0 Å². The van der Waals surface area contributed by atoms with E-state index in [1.807, 2.05) is 6.20 Å². The molecule has 4 nitrogen and oxygen atoms in total. The Morgan fingerprint density at radius 2 is 1.97 bits per heavy atom. The molecule has 1 aliphatic rings. The van der Waals surface area contributed by atoms with Crippen LogP contribution in [0.1, 0.15) is 35.4 Å². The first-order valence-corrected chi connectivity index (χ1v) is 11.0. The maximum Gasteiger partial charge on any atom is 0.223 e. The third-order valence-corrected chi connectivity index (χ3v) is 5.94. The lowest BCUT2D eigenvalue weighted by Crippen LogP contribution is -2.16. The van der Waals surface area contributed by atoms with Gasteiger partial charge in [-0.3, -0.25) is 0 Å². The Morgan fingerprint density at radius 3 is 2.79 bits per heavy atom. The molecule has 0 saturated carbocycles. The van der Waals surface area contributed by atoms with Gasteiger partial charge in [-0.25, -0.2) is 9.97 Å². The van der Waals surface area contributed by atoms with E-state index in [0.29, 0.717) is 5.92 Å². The van der Waals surface area contributed by atoms with Crippen LogP contribution in [0.15, 0.2) is 59.2 Å². The fraction of sp³-hybridized carbons (Fsp3) is 0.333. The van der Waals surface area contributed by atoms with E-state index >= 15 is 0 Å². The number of benzene rings is 2. The lowest BCUT2D eigenvalue weighted by atomic mass is 9.78. The van der Waals surface area contributed by atoms with Crippen LogP contribution in [0.3, 0.4) is 0 Å². The molecule has 2 aromatic carbocycles. The van der Waals surface area contributed by atoms with Gasteiger partial charge in [0.1, 0.15) is 0 Å². The lowest BCUT2D eigenvalue weighted by molar-refractivity contribution is 0.396. The van der Waals surface area contributed by atoms with E-state index in [1.165, 1.54) is 28.7 Å². The Kier molecular flexibility index (Phi) is 6.26. The molecule has 29 heavy (non-hydrogen) atoms. The summed E-state index contributed by atoms with van der Waals surface area (Å²) in [7, 11) is 4.22. The van der Waals surface area contributed by atoms with Crippen molar-refractivity contribution in [2.45, 2.75) is 25.2 Å². The summed E-state index contributed by atoms with van der Waals surface area (Å²) >= 11 is 3.62. The first-order chi connectivity index (χ1) is 14.1. The van der Waals surface area contributed by atoms with Crippen molar-refractivity contribution >= 4 is 21.9 Å². The standard InChI is InChI=1S/C24H27BrN4/c1-29(2)13-6-5-12-26-24-27-16-18-15-22(17-8-7-9-19(25)14-17)20-10-3-4-11-21(20)23(18)28-24/h3-4,7-11,14,16,22H,5-6,12-13,15H2,1-2H3,(H,26,27,28). The maximum absolute atomic E-state index is 4.89. The van der Waals surface area contributed by atoms with Crippen molar-refractivity contribution < 1.29 is 0 Å². The number of aromatic nitrogens is 2. The quantitative estimate of drug-likeness (QED) is 0.492. The van der Waals surface area contributed by atoms with Crippen molar-refractivity contribution in [3.63, 3.8) is 0 Å². The highest BCUT2D eigenvalue weighted by molar-refractivity contribution is 9.10. The van der Waals surface area contributed by atoms with Crippen molar-refractivity contribution in [2.24, 2.45) is 0 Å². The fourth-order valence-corrected chi connectivity index (χ4v) is 4.41. The highest BCUT2D eigenvalue weighted by atomic mass is 79.9. The Bertz CT molecular complexity index is 986. The fourth-order valence-electron chi connectivity index (χ4n) is 3.99. The third kappa shape index (κ3) is 4.68. The summed E-state index contributed by atoms with van der Waals surface area (Å²) in [4.78, 5) is 11.7. The molecular formula is C24H27BrN4. The predicted octanol–water partition coefficient (Wildman–Crippen LogP) is 5.35. The van der Waals surface area contributed by atoms with Gasteiger partial charge in [-0.15, -0.1) is 0 Å². The summed E-state index contributed by atoms with van der Waals surface area (Å²) < 4.78 is 1.11. The normalized spacial score (nSPS) is 15.1. The monoisotopic (exact) mass is 450 g/mol. The van der Waals surface area contributed by atoms with Gasteiger partial charge in [0.05, 0.1) is 5.69 Å². The minimum Gasteiger partial charge on any atom is -0.354 e. The van der Waals surface area contributed by atoms with Crippen LogP contribution in [-0.4, -0.2) is 42.1 Å². The minimum absolute atomic E-state index is 0.324. The molecule has 0 amide bonds. The van der Waals surface area contributed by atoms with Gasteiger partial charge in [0.25, 0.3) is 0 Å². The number of hydrogen-bond acceptors (Lipinski definition) is 4. The summed E-state index contributed by atoms with van der Waals surface area (Å²) in [5.41, 5.74) is 6.16. The smallest absolute Gasteiger partial charge is 0.223 e. The molecule has 0 radical (unpaired) electrons. The molecule has 0 aliphatic heterocycles. The summed E-state index contributed by atoms with van der Waals surface area (Å²) in [5.74, 6) is 1.05. The zero-order valence-corrected chi connectivity index (χ0v) is 18.6. The van der Waals surface area contributed by atoms with Crippen LogP contribution < -0.4 is 5.32 Å². The molecule has 1 aromatic heterocycles. The molecule has 1 aliphatic carbocycles. The van der Waals surface area contributed by atoms with Gasteiger partial charge in [-0.05, 0) is 68.7 Å². The molecule has 0 saturated heterocycles. The second-order valence-electron chi connectivity index (χ2n) is 7.90. The molecule has 1 atom stereocenters. The van der Waals surface area contributed by atoms with E-state index in [-0.39, 0.29) is 0 Å². The molecule has 0 fully saturated rings. The number of rotatable bonds is 7. The number of fused-ring (bicyclic) bond motifs is 3. The molecule has 5 heteroatoms. The number of halogens is 1. The second-order valence-corrected chi connectivity index (χ2v) is 8.82. The largest absolute Gasteiger partial charge is 0.354 e. The molecule has 0 bridgehead atoms. The van der Waals surface area contributed by atoms with E-state index in [0.717, 1.165) is 42.0 Å². The highest BCUT2D eigenvalue weighted by Gasteiger charge is 2.27. The molecule has 1 unspecified atom stereocenters. The average molecular weight is 451 g/mol. The van der Waals surface area contributed by atoms with Crippen LogP contribution in [0.4, 0.5) is 5.95 Å². The Labute approximate surface area is 181 Å². The molecule has 150 valence electrons. The van der Waals surface area contributed by atoms with Gasteiger partial charge < -0.3 is 10.2 Å². The van der Waals surface area contributed by atoms with Gasteiger partial charge in [0, 0.05) is 28.7 Å². The highest BCUT2D eigenvalue weighted by Crippen LogP contribution is 2.42. The number of nitrogens with one attached hydrogen (secondary N) is 1. The van der Waals surface area contributed by atoms with E-state index in [4.69, 9.17) is 4.98 Å². The maximum atomic E-state index is 4.89. The summed E-state index contributed by atoms with van der Waals surface area (Å²) in [6.45, 7) is 2.01. The third-order valence-electron chi connectivity index (χ3n) is 5.45. The first kappa shape index (κ1) is 20.0.